The van der Waals surface area contributed by atoms with E-state index < -0.39 is 0 Å². The fraction of sp³-hybridized carbons (Fsp3) is 0.364. The number of rotatable bonds is 3. The van der Waals surface area contributed by atoms with Crippen molar-refractivity contribution in [2.24, 2.45) is 5.92 Å². The lowest BCUT2D eigenvalue weighted by Crippen LogP contribution is -2.01. The number of nitrogens with two attached hydrogens (primary N) is 1. The molecule has 0 radical (unpaired) electrons. The summed E-state index contributed by atoms with van der Waals surface area (Å²) in [4.78, 5) is 11.7. The van der Waals surface area contributed by atoms with Crippen LogP contribution in [0.15, 0.2) is 22.7 Å². The average Bonchev–Trinajstić information content (AvgIpc) is 2.86. The third-order valence-corrected chi connectivity index (χ3v) is 2.87. The fourth-order valence-corrected chi connectivity index (χ4v) is 1.99. The number of nitrogen functional groups attached to an aromatic ring is 1. The zero-order valence-corrected chi connectivity index (χ0v) is 9.38. The van der Waals surface area contributed by atoms with Crippen LogP contribution in [0, 0.1) is 5.92 Å². The minimum Gasteiger partial charge on any atom is -0.399 e. The summed E-state index contributed by atoms with van der Waals surface area (Å²) in [5.74, 6) is 0.836. The second-order valence-electron chi connectivity index (χ2n) is 3.84. The Kier molecular flexibility index (Phi) is 2.59. The SMILES string of the molecule is Nc1cc(Br)cc(C(=O)CC2CC2)c1. The maximum absolute atomic E-state index is 11.7. The number of carbonyl (C=O) groups excluding carboxylic acids is 1. The summed E-state index contributed by atoms with van der Waals surface area (Å²) in [5, 5.41) is 0. The van der Waals surface area contributed by atoms with Crippen LogP contribution >= 0.6 is 15.9 Å². The molecule has 2 rings (SSSR count). The van der Waals surface area contributed by atoms with Gasteiger partial charge in [0.25, 0.3) is 0 Å². The van der Waals surface area contributed by atoms with Crippen molar-refractivity contribution in [1.29, 1.82) is 0 Å². The Morgan fingerprint density at radius 3 is 2.71 bits per heavy atom. The molecule has 14 heavy (non-hydrogen) atoms. The maximum atomic E-state index is 11.7. The second-order valence-corrected chi connectivity index (χ2v) is 4.76. The summed E-state index contributed by atoms with van der Waals surface area (Å²) in [6, 6.07) is 5.38. The maximum Gasteiger partial charge on any atom is 0.163 e. The highest BCUT2D eigenvalue weighted by Crippen LogP contribution is 2.33. The van der Waals surface area contributed by atoms with Crippen LogP contribution in [0.3, 0.4) is 0 Å². The van der Waals surface area contributed by atoms with Crippen molar-refractivity contribution in [3.05, 3.63) is 28.2 Å². The van der Waals surface area contributed by atoms with Gasteiger partial charge in [0, 0.05) is 22.1 Å². The molecule has 1 aliphatic carbocycles. The Morgan fingerprint density at radius 2 is 2.14 bits per heavy atom. The number of anilines is 1. The smallest absolute Gasteiger partial charge is 0.163 e. The van der Waals surface area contributed by atoms with Gasteiger partial charge in [0.05, 0.1) is 0 Å². The molecule has 2 N–H and O–H groups in total. The molecule has 0 bridgehead atoms. The molecule has 1 aromatic carbocycles. The Labute approximate surface area is 91.6 Å². The van der Waals surface area contributed by atoms with E-state index in [1.54, 1.807) is 12.1 Å². The minimum absolute atomic E-state index is 0.209. The molecule has 0 aromatic heterocycles. The van der Waals surface area contributed by atoms with Crippen molar-refractivity contribution < 1.29 is 4.79 Å². The molecule has 0 spiro atoms. The van der Waals surface area contributed by atoms with E-state index in [9.17, 15) is 4.79 Å². The Balaban J connectivity index is 2.17. The van der Waals surface area contributed by atoms with Crippen LogP contribution < -0.4 is 5.73 Å². The molecule has 0 aliphatic heterocycles. The topological polar surface area (TPSA) is 43.1 Å². The molecular formula is C11H12BrNO. The van der Waals surface area contributed by atoms with E-state index in [1.807, 2.05) is 6.07 Å². The van der Waals surface area contributed by atoms with Gasteiger partial charge in [0.15, 0.2) is 5.78 Å². The van der Waals surface area contributed by atoms with Gasteiger partial charge in [-0.15, -0.1) is 0 Å². The van der Waals surface area contributed by atoms with Crippen LogP contribution in [0.25, 0.3) is 0 Å². The molecule has 0 heterocycles. The van der Waals surface area contributed by atoms with E-state index in [0.717, 1.165) is 10.0 Å². The number of hydrogen-bond donors (Lipinski definition) is 1. The molecule has 1 fully saturated rings. The van der Waals surface area contributed by atoms with Crippen LogP contribution in [0.5, 0.6) is 0 Å². The molecule has 1 aromatic rings. The zero-order chi connectivity index (χ0) is 10.1. The van der Waals surface area contributed by atoms with Gasteiger partial charge in [-0.1, -0.05) is 15.9 Å². The third kappa shape index (κ3) is 2.35. The second kappa shape index (κ2) is 3.73. The summed E-state index contributed by atoms with van der Waals surface area (Å²) in [6.07, 6.45) is 3.08. The van der Waals surface area contributed by atoms with Crippen LogP contribution in [0.4, 0.5) is 5.69 Å². The Bertz CT molecular complexity index is 351. The Hall–Kier alpha value is -0.830. The monoisotopic (exact) mass is 253 g/mol. The summed E-state index contributed by atoms with van der Waals surface area (Å²) in [6.45, 7) is 0. The van der Waals surface area contributed by atoms with E-state index in [1.165, 1.54) is 12.8 Å². The van der Waals surface area contributed by atoms with Gasteiger partial charge in [-0.3, -0.25) is 4.79 Å². The Morgan fingerprint density at radius 1 is 1.43 bits per heavy atom. The first-order valence-corrected chi connectivity index (χ1v) is 5.54. The van der Waals surface area contributed by atoms with Crippen molar-refractivity contribution in [2.75, 3.05) is 5.73 Å². The van der Waals surface area contributed by atoms with E-state index in [-0.39, 0.29) is 5.78 Å². The molecule has 0 saturated heterocycles. The van der Waals surface area contributed by atoms with E-state index in [2.05, 4.69) is 15.9 Å². The van der Waals surface area contributed by atoms with E-state index in [4.69, 9.17) is 5.73 Å². The first-order valence-electron chi connectivity index (χ1n) is 4.74. The van der Waals surface area contributed by atoms with Gasteiger partial charge < -0.3 is 5.73 Å². The number of hydrogen-bond acceptors (Lipinski definition) is 2. The van der Waals surface area contributed by atoms with Gasteiger partial charge in [-0.2, -0.15) is 0 Å². The van der Waals surface area contributed by atoms with Gasteiger partial charge >= 0.3 is 0 Å². The van der Waals surface area contributed by atoms with Gasteiger partial charge in [-0.25, -0.2) is 0 Å². The standard InChI is InChI=1S/C11H12BrNO/c12-9-4-8(5-10(13)6-9)11(14)3-7-1-2-7/h4-7H,1-3,13H2. The normalized spacial score (nSPS) is 15.5. The molecule has 74 valence electrons. The quantitative estimate of drug-likeness (QED) is 0.665. The highest BCUT2D eigenvalue weighted by molar-refractivity contribution is 9.10. The molecule has 1 aliphatic rings. The summed E-state index contributed by atoms with van der Waals surface area (Å²) in [7, 11) is 0. The fourth-order valence-electron chi connectivity index (χ4n) is 1.48. The summed E-state index contributed by atoms with van der Waals surface area (Å²) >= 11 is 3.33. The predicted molar refractivity (Wildman–Crippen MR) is 60.2 cm³/mol. The zero-order valence-electron chi connectivity index (χ0n) is 7.79. The van der Waals surface area contributed by atoms with Crippen LogP contribution in [-0.2, 0) is 0 Å². The number of ketones is 1. The van der Waals surface area contributed by atoms with Crippen LogP contribution in [0.1, 0.15) is 29.6 Å². The molecule has 3 heteroatoms. The number of halogens is 1. The van der Waals surface area contributed by atoms with Crippen molar-refractivity contribution >= 4 is 27.4 Å². The van der Waals surface area contributed by atoms with Gasteiger partial charge in [-0.05, 0) is 37.0 Å². The highest BCUT2D eigenvalue weighted by atomic mass is 79.9. The lowest BCUT2D eigenvalue weighted by molar-refractivity contribution is 0.0976. The van der Waals surface area contributed by atoms with Crippen molar-refractivity contribution in [3.8, 4) is 0 Å². The molecule has 0 unspecified atom stereocenters. The molecule has 2 nitrogen and oxygen atoms in total. The van der Waals surface area contributed by atoms with E-state index in [0.29, 0.717) is 18.0 Å². The average molecular weight is 254 g/mol. The molecule has 0 amide bonds. The first kappa shape index (κ1) is 9.71. The van der Waals surface area contributed by atoms with Gasteiger partial charge in [0.2, 0.25) is 0 Å². The lowest BCUT2D eigenvalue weighted by atomic mass is 10.1. The number of carbonyl (C=O) groups is 1. The van der Waals surface area contributed by atoms with Crippen LogP contribution in [-0.4, -0.2) is 5.78 Å². The van der Waals surface area contributed by atoms with Crippen molar-refractivity contribution in [1.82, 2.24) is 0 Å². The largest absolute Gasteiger partial charge is 0.399 e. The van der Waals surface area contributed by atoms with Gasteiger partial charge in [0.1, 0.15) is 0 Å². The number of Topliss-reactive ketones (excluding diaryl/α,β-unsaturated/α-hetero) is 1. The summed E-state index contributed by atoms with van der Waals surface area (Å²) < 4.78 is 0.872. The minimum atomic E-state index is 0.209. The highest BCUT2D eigenvalue weighted by Gasteiger charge is 2.24. The summed E-state index contributed by atoms with van der Waals surface area (Å²) in [5.41, 5.74) is 7.02. The van der Waals surface area contributed by atoms with Crippen molar-refractivity contribution in [3.63, 3.8) is 0 Å². The molecular weight excluding hydrogens is 242 g/mol. The number of benzene rings is 1. The first-order chi connectivity index (χ1) is 6.65. The lowest BCUT2D eigenvalue weighted by Gasteiger charge is -2.02. The third-order valence-electron chi connectivity index (χ3n) is 2.41. The predicted octanol–water partition coefficient (Wildman–Crippen LogP) is 3.01. The van der Waals surface area contributed by atoms with Crippen LogP contribution in [0.2, 0.25) is 0 Å². The van der Waals surface area contributed by atoms with Crippen molar-refractivity contribution in [2.45, 2.75) is 19.3 Å². The van der Waals surface area contributed by atoms with E-state index >= 15 is 0 Å². The molecule has 0 atom stereocenters. The molecule has 1 saturated carbocycles.